The van der Waals surface area contributed by atoms with Crippen molar-refractivity contribution in [3.63, 3.8) is 0 Å². The number of nitrogens with one attached hydrogen (secondary N) is 1. The second-order valence-electron chi connectivity index (χ2n) is 3.85. The van der Waals surface area contributed by atoms with Gasteiger partial charge in [0, 0.05) is 12.1 Å². The molecule has 1 aromatic rings. The summed E-state index contributed by atoms with van der Waals surface area (Å²) >= 11 is 0. The minimum atomic E-state index is 0.274. The number of tetrazole rings is 1. The van der Waals surface area contributed by atoms with Gasteiger partial charge in [0.2, 0.25) is 0 Å². The average molecular weight is 196 g/mol. The fourth-order valence-electron chi connectivity index (χ4n) is 1.90. The fourth-order valence-corrected chi connectivity index (χ4v) is 1.90. The van der Waals surface area contributed by atoms with Gasteiger partial charge in [-0.3, -0.25) is 4.90 Å². The summed E-state index contributed by atoms with van der Waals surface area (Å²) in [4.78, 5) is 2.30. The van der Waals surface area contributed by atoms with Gasteiger partial charge in [-0.1, -0.05) is 5.21 Å². The van der Waals surface area contributed by atoms with Crippen LogP contribution in [0.15, 0.2) is 0 Å². The molecule has 0 amide bonds. The number of aromatic amines is 1. The second-order valence-corrected chi connectivity index (χ2v) is 3.85. The number of nitrogens with two attached hydrogens (primary N) is 1. The first kappa shape index (κ1) is 9.54. The predicted molar refractivity (Wildman–Crippen MR) is 51.3 cm³/mol. The van der Waals surface area contributed by atoms with E-state index in [-0.39, 0.29) is 6.04 Å². The third-order valence-electron chi connectivity index (χ3n) is 2.91. The normalized spacial score (nSPS) is 29.3. The van der Waals surface area contributed by atoms with Crippen LogP contribution < -0.4 is 5.73 Å². The number of likely N-dealkylation sites (tertiary alicyclic amines) is 1. The molecule has 6 heteroatoms. The highest BCUT2D eigenvalue weighted by Crippen LogP contribution is 2.16. The molecule has 1 saturated heterocycles. The van der Waals surface area contributed by atoms with Crippen molar-refractivity contribution in [2.75, 3.05) is 6.54 Å². The summed E-state index contributed by atoms with van der Waals surface area (Å²) in [7, 11) is 0. The van der Waals surface area contributed by atoms with Crippen molar-refractivity contribution in [2.24, 2.45) is 5.73 Å². The minimum Gasteiger partial charge on any atom is -0.326 e. The van der Waals surface area contributed by atoms with Gasteiger partial charge in [0.1, 0.15) is 0 Å². The number of hydrogen-bond acceptors (Lipinski definition) is 5. The van der Waals surface area contributed by atoms with Crippen LogP contribution in [0.5, 0.6) is 0 Å². The number of rotatable bonds is 2. The summed E-state index contributed by atoms with van der Waals surface area (Å²) in [5.74, 6) is 0.742. The highest BCUT2D eigenvalue weighted by molar-refractivity contribution is 4.87. The number of aromatic nitrogens is 4. The van der Waals surface area contributed by atoms with Crippen molar-refractivity contribution in [3.8, 4) is 0 Å². The number of hydrogen-bond donors (Lipinski definition) is 2. The lowest BCUT2D eigenvalue weighted by molar-refractivity contribution is 0.129. The Balaban J connectivity index is 1.97. The lowest BCUT2D eigenvalue weighted by Gasteiger charge is -2.36. The molecule has 1 aliphatic rings. The van der Waals surface area contributed by atoms with Gasteiger partial charge in [-0.25, -0.2) is 0 Å². The Morgan fingerprint density at radius 1 is 1.64 bits per heavy atom. The Labute approximate surface area is 82.9 Å². The highest BCUT2D eigenvalue weighted by Gasteiger charge is 2.25. The quantitative estimate of drug-likeness (QED) is 0.667. The van der Waals surface area contributed by atoms with Gasteiger partial charge < -0.3 is 5.73 Å². The van der Waals surface area contributed by atoms with Crippen molar-refractivity contribution < 1.29 is 0 Å². The second kappa shape index (κ2) is 4.02. The maximum Gasteiger partial charge on any atom is 0.188 e. The molecule has 0 radical (unpaired) electrons. The Bertz CT molecular complexity index is 271. The molecule has 6 nitrogen and oxygen atoms in total. The van der Waals surface area contributed by atoms with Crippen molar-refractivity contribution >= 4 is 0 Å². The van der Waals surface area contributed by atoms with E-state index in [1.54, 1.807) is 0 Å². The van der Waals surface area contributed by atoms with Crippen molar-refractivity contribution in [1.82, 2.24) is 25.5 Å². The molecule has 0 unspecified atom stereocenters. The topological polar surface area (TPSA) is 83.7 Å². The smallest absolute Gasteiger partial charge is 0.188 e. The monoisotopic (exact) mass is 196 g/mol. The SMILES string of the molecule is C[C@@H]1[C@H](N)CCCN1Cc1nn[nH]n1. The zero-order valence-corrected chi connectivity index (χ0v) is 8.35. The van der Waals surface area contributed by atoms with E-state index >= 15 is 0 Å². The van der Waals surface area contributed by atoms with E-state index in [0.29, 0.717) is 6.04 Å². The van der Waals surface area contributed by atoms with Crippen LogP contribution in [0.2, 0.25) is 0 Å². The summed E-state index contributed by atoms with van der Waals surface area (Å²) in [6, 6.07) is 0.679. The van der Waals surface area contributed by atoms with Crippen LogP contribution in [0, 0.1) is 0 Å². The van der Waals surface area contributed by atoms with Crippen LogP contribution in [0.1, 0.15) is 25.6 Å². The zero-order chi connectivity index (χ0) is 9.97. The first-order valence-corrected chi connectivity index (χ1v) is 4.99. The molecule has 78 valence electrons. The lowest BCUT2D eigenvalue weighted by Crippen LogP contribution is -2.49. The molecule has 2 heterocycles. The average Bonchev–Trinajstić information content (AvgIpc) is 2.66. The van der Waals surface area contributed by atoms with Crippen molar-refractivity contribution in [1.29, 1.82) is 0 Å². The van der Waals surface area contributed by atoms with Crippen molar-refractivity contribution in [3.05, 3.63) is 5.82 Å². The van der Waals surface area contributed by atoms with Gasteiger partial charge in [-0.2, -0.15) is 5.21 Å². The Morgan fingerprint density at radius 3 is 3.21 bits per heavy atom. The predicted octanol–water partition coefficient (Wildman–Crippen LogP) is -0.489. The summed E-state index contributed by atoms with van der Waals surface area (Å²) in [5.41, 5.74) is 5.99. The molecule has 0 saturated carbocycles. The first-order valence-electron chi connectivity index (χ1n) is 4.99. The Kier molecular flexibility index (Phi) is 2.74. The number of H-pyrrole nitrogens is 1. The molecule has 3 N–H and O–H groups in total. The molecule has 2 rings (SSSR count). The van der Waals surface area contributed by atoms with E-state index in [2.05, 4.69) is 32.4 Å². The molecule has 0 spiro atoms. The van der Waals surface area contributed by atoms with Crippen LogP contribution in [0.4, 0.5) is 0 Å². The molecule has 1 aliphatic heterocycles. The Hall–Kier alpha value is -1.01. The molecule has 0 aromatic carbocycles. The van der Waals surface area contributed by atoms with Gasteiger partial charge >= 0.3 is 0 Å². The molecule has 1 fully saturated rings. The summed E-state index contributed by atoms with van der Waals surface area (Å²) in [5, 5.41) is 13.9. The van der Waals surface area contributed by atoms with E-state index in [9.17, 15) is 0 Å². The van der Waals surface area contributed by atoms with E-state index < -0.39 is 0 Å². The first-order chi connectivity index (χ1) is 6.77. The molecule has 0 bridgehead atoms. The van der Waals surface area contributed by atoms with Gasteiger partial charge in [-0.15, -0.1) is 10.2 Å². The largest absolute Gasteiger partial charge is 0.326 e. The molecule has 2 atom stereocenters. The maximum atomic E-state index is 5.99. The molecule has 1 aromatic heterocycles. The van der Waals surface area contributed by atoms with Crippen LogP contribution >= 0.6 is 0 Å². The van der Waals surface area contributed by atoms with E-state index in [4.69, 9.17) is 5.73 Å². The van der Waals surface area contributed by atoms with Crippen molar-refractivity contribution in [2.45, 2.75) is 38.4 Å². The van der Waals surface area contributed by atoms with E-state index in [0.717, 1.165) is 31.8 Å². The zero-order valence-electron chi connectivity index (χ0n) is 8.35. The number of nitrogens with zero attached hydrogens (tertiary/aromatic N) is 4. The highest BCUT2D eigenvalue weighted by atomic mass is 15.5. The summed E-state index contributed by atoms with van der Waals surface area (Å²) in [6.45, 7) is 3.97. The molecular weight excluding hydrogens is 180 g/mol. The van der Waals surface area contributed by atoms with E-state index in [1.807, 2.05) is 0 Å². The summed E-state index contributed by atoms with van der Waals surface area (Å²) in [6.07, 6.45) is 2.27. The van der Waals surface area contributed by atoms with Crippen LogP contribution in [-0.4, -0.2) is 44.2 Å². The standard InChI is InChI=1S/C8H16N6/c1-6-7(9)3-2-4-14(6)5-8-10-12-13-11-8/h6-7H,2-5,9H2,1H3,(H,10,11,12,13)/t6-,7-/m1/s1. The fraction of sp³-hybridized carbons (Fsp3) is 0.875. The maximum absolute atomic E-state index is 5.99. The van der Waals surface area contributed by atoms with Crippen LogP contribution in [0.3, 0.4) is 0 Å². The molecule has 0 aliphatic carbocycles. The summed E-state index contributed by atoms with van der Waals surface area (Å²) < 4.78 is 0. The van der Waals surface area contributed by atoms with Crippen LogP contribution in [0.25, 0.3) is 0 Å². The van der Waals surface area contributed by atoms with Crippen LogP contribution in [-0.2, 0) is 6.54 Å². The van der Waals surface area contributed by atoms with Gasteiger partial charge in [0.15, 0.2) is 5.82 Å². The molecular formula is C8H16N6. The van der Waals surface area contributed by atoms with Gasteiger partial charge in [0.05, 0.1) is 6.54 Å². The van der Waals surface area contributed by atoms with E-state index in [1.165, 1.54) is 0 Å². The lowest BCUT2D eigenvalue weighted by atomic mass is 9.98. The third-order valence-corrected chi connectivity index (χ3v) is 2.91. The third kappa shape index (κ3) is 1.91. The van der Waals surface area contributed by atoms with Gasteiger partial charge in [-0.05, 0) is 26.3 Å². The van der Waals surface area contributed by atoms with Gasteiger partial charge in [0.25, 0.3) is 0 Å². The minimum absolute atomic E-state index is 0.274. The molecule has 14 heavy (non-hydrogen) atoms. The number of piperidine rings is 1. The Morgan fingerprint density at radius 2 is 2.50 bits per heavy atom.